The molecule has 0 aliphatic carbocycles. The summed E-state index contributed by atoms with van der Waals surface area (Å²) in [5, 5.41) is 16.9. The largest absolute Gasteiger partial charge is 0.497 e. The van der Waals surface area contributed by atoms with Gasteiger partial charge in [-0.15, -0.1) is 0 Å². The maximum absolute atomic E-state index is 13.1. The van der Waals surface area contributed by atoms with Crippen LogP contribution in [0.4, 0.5) is 0 Å². The van der Waals surface area contributed by atoms with Crippen LogP contribution in [0.2, 0.25) is 0 Å². The van der Waals surface area contributed by atoms with Gasteiger partial charge in [-0.2, -0.15) is 0 Å². The van der Waals surface area contributed by atoms with Gasteiger partial charge in [0.15, 0.2) is 0 Å². The molecular weight excluding hydrogens is 530 g/mol. The number of primary amides is 1. The number of nitrogens with zero attached hydrogens (tertiary/aromatic N) is 2. The molecule has 2 aromatic heterocycles. The molecule has 8 heteroatoms. The van der Waals surface area contributed by atoms with Crippen molar-refractivity contribution in [3.63, 3.8) is 0 Å². The minimum absolute atomic E-state index is 0.110. The number of aryl methyl sites for hydroxylation is 2. The summed E-state index contributed by atoms with van der Waals surface area (Å²) >= 11 is 0. The molecule has 5 aromatic rings. The summed E-state index contributed by atoms with van der Waals surface area (Å²) in [7, 11) is 1.67. The highest BCUT2D eigenvalue weighted by atomic mass is 16.5. The van der Waals surface area contributed by atoms with Crippen molar-refractivity contribution in [2.24, 2.45) is 11.7 Å². The van der Waals surface area contributed by atoms with E-state index in [0.717, 1.165) is 68.3 Å². The molecule has 1 fully saturated rings. The maximum atomic E-state index is 13.1. The molecule has 1 aliphatic rings. The van der Waals surface area contributed by atoms with Gasteiger partial charge >= 0.3 is 0 Å². The number of aliphatic hydroxyl groups is 1. The van der Waals surface area contributed by atoms with E-state index in [1.807, 2.05) is 50.2 Å². The Morgan fingerprint density at radius 2 is 1.86 bits per heavy atom. The molecule has 3 heterocycles. The summed E-state index contributed by atoms with van der Waals surface area (Å²) in [6, 6.07) is 18.0. The van der Waals surface area contributed by atoms with Crippen LogP contribution in [0.3, 0.4) is 0 Å². The number of fused-ring (bicyclic) bond motifs is 3. The minimum Gasteiger partial charge on any atom is -0.497 e. The van der Waals surface area contributed by atoms with E-state index in [2.05, 4.69) is 27.9 Å². The Bertz CT molecular complexity index is 1780. The van der Waals surface area contributed by atoms with E-state index in [4.69, 9.17) is 19.7 Å². The molecule has 1 atom stereocenters. The number of carbonyl (C=O) groups is 1. The van der Waals surface area contributed by atoms with Crippen molar-refractivity contribution >= 4 is 27.7 Å². The van der Waals surface area contributed by atoms with Crippen molar-refractivity contribution in [1.29, 1.82) is 0 Å². The van der Waals surface area contributed by atoms with Gasteiger partial charge < -0.3 is 29.4 Å². The number of hydrogen-bond donors (Lipinski definition) is 2. The number of benzene rings is 3. The fraction of sp³-hybridized carbons (Fsp3) is 0.353. The van der Waals surface area contributed by atoms with E-state index in [1.54, 1.807) is 21.0 Å². The van der Waals surface area contributed by atoms with Crippen LogP contribution in [0, 0.1) is 19.8 Å². The average molecular weight is 568 g/mol. The van der Waals surface area contributed by atoms with E-state index < -0.39 is 11.5 Å². The van der Waals surface area contributed by atoms with E-state index in [9.17, 15) is 9.90 Å². The second-order valence-electron chi connectivity index (χ2n) is 11.8. The van der Waals surface area contributed by atoms with Gasteiger partial charge in [-0.1, -0.05) is 29.4 Å². The molecule has 1 unspecified atom stereocenters. The topological polar surface area (TPSA) is 113 Å². The Labute approximate surface area is 245 Å². The van der Waals surface area contributed by atoms with Crippen molar-refractivity contribution in [2.75, 3.05) is 20.3 Å². The third-order valence-corrected chi connectivity index (χ3v) is 8.62. The lowest BCUT2D eigenvalue weighted by atomic mass is 9.86. The van der Waals surface area contributed by atoms with Gasteiger partial charge in [-0.3, -0.25) is 4.79 Å². The van der Waals surface area contributed by atoms with Gasteiger partial charge in [0.2, 0.25) is 5.91 Å². The molecule has 3 aromatic carbocycles. The molecular formula is C34H37N3O5. The van der Waals surface area contributed by atoms with Crippen LogP contribution in [-0.4, -0.2) is 41.1 Å². The fourth-order valence-electron chi connectivity index (χ4n) is 6.58. The normalized spacial score (nSPS) is 15.4. The zero-order chi connectivity index (χ0) is 29.8. The molecule has 1 aliphatic heterocycles. The lowest BCUT2D eigenvalue weighted by Gasteiger charge is -2.33. The Morgan fingerprint density at radius 3 is 2.50 bits per heavy atom. The number of hydrogen-bond acceptors (Lipinski definition) is 6. The van der Waals surface area contributed by atoms with E-state index in [-0.39, 0.29) is 12.0 Å². The first kappa shape index (κ1) is 28.0. The molecule has 0 radical (unpaired) electrons. The Morgan fingerprint density at radius 1 is 1.10 bits per heavy atom. The molecule has 0 spiro atoms. The van der Waals surface area contributed by atoms with Crippen LogP contribution in [0.5, 0.6) is 5.75 Å². The highest BCUT2D eigenvalue weighted by Gasteiger charge is 2.32. The fourth-order valence-corrected chi connectivity index (χ4v) is 6.58. The van der Waals surface area contributed by atoms with E-state index in [1.165, 1.54) is 0 Å². The lowest BCUT2D eigenvalue weighted by molar-refractivity contribution is 0.0552. The van der Waals surface area contributed by atoms with Crippen molar-refractivity contribution < 1.29 is 23.9 Å². The molecule has 0 saturated carbocycles. The molecule has 1 amide bonds. The first-order valence-corrected chi connectivity index (χ1v) is 14.4. The van der Waals surface area contributed by atoms with E-state index in [0.29, 0.717) is 24.5 Å². The molecule has 8 nitrogen and oxygen atoms in total. The van der Waals surface area contributed by atoms with Crippen LogP contribution < -0.4 is 10.5 Å². The molecule has 6 rings (SSSR count). The Kier molecular flexibility index (Phi) is 7.07. The van der Waals surface area contributed by atoms with Crippen molar-refractivity contribution in [3.8, 4) is 16.9 Å². The monoisotopic (exact) mass is 567 g/mol. The molecule has 42 heavy (non-hydrogen) atoms. The van der Waals surface area contributed by atoms with Gasteiger partial charge in [0.1, 0.15) is 11.5 Å². The summed E-state index contributed by atoms with van der Waals surface area (Å²) in [5.74, 6) is 1.18. The van der Waals surface area contributed by atoms with Crippen molar-refractivity contribution in [3.05, 3.63) is 82.7 Å². The van der Waals surface area contributed by atoms with Crippen molar-refractivity contribution in [1.82, 2.24) is 9.72 Å². The zero-order valence-corrected chi connectivity index (χ0v) is 24.7. The predicted molar refractivity (Wildman–Crippen MR) is 163 cm³/mol. The number of ether oxygens (including phenoxy) is 2. The van der Waals surface area contributed by atoms with Gasteiger partial charge in [-0.25, -0.2) is 0 Å². The van der Waals surface area contributed by atoms with Crippen molar-refractivity contribution in [2.45, 2.75) is 52.2 Å². The quantitative estimate of drug-likeness (QED) is 0.235. The third kappa shape index (κ3) is 4.74. The summed E-state index contributed by atoms with van der Waals surface area (Å²) in [6.07, 6.45) is 1.75. The SMILES string of the molecule is COc1cccc(C(C2CCOCC2)n2c3cc(C(C)(C)O)ccc3c3c(C(N)=O)cc(-c4c(C)noc4C)cc32)c1. The summed E-state index contributed by atoms with van der Waals surface area (Å²) in [4.78, 5) is 13.1. The third-order valence-electron chi connectivity index (χ3n) is 8.62. The molecule has 218 valence electrons. The highest BCUT2D eigenvalue weighted by molar-refractivity contribution is 6.19. The summed E-state index contributed by atoms with van der Waals surface area (Å²) in [6.45, 7) is 8.68. The number of rotatable bonds is 7. The van der Waals surface area contributed by atoms with Gasteiger partial charge in [-0.05, 0) is 93.5 Å². The second kappa shape index (κ2) is 10.6. The summed E-state index contributed by atoms with van der Waals surface area (Å²) < 4.78 is 19.3. The molecule has 0 bridgehead atoms. The first-order valence-electron chi connectivity index (χ1n) is 14.4. The Hall–Kier alpha value is -4.14. The maximum Gasteiger partial charge on any atom is 0.249 e. The average Bonchev–Trinajstić information content (AvgIpc) is 3.48. The zero-order valence-electron chi connectivity index (χ0n) is 24.7. The smallest absolute Gasteiger partial charge is 0.249 e. The van der Waals surface area contributed by atoms with Gasteiger partial charge in [0.25, 0.3) is 0 Å². The molecule has 1 saturated heterocycles. The highest BCUT2D eigenvalue weighted by Crippen LogP contribution is 2.44. The number of amides is 1. The number of nitrogens with two attached hydrogens (primary N) is 1. The summed E-state index contributed by atoms with van der Waals surface area (Å²) in [5.41, 5.74) is 11.5. The first-order chi connectivity index (χ1) is 20.1. The number of methoxy groups -OCH3 is 1. The lowest BCUT2D eigenvalue weighted by Crippen LogP contribution is -2.27. The van der Waals surface area contributed by atoms with Crippen LogP contribution in [-0.2, 0) is 10.3 Å². The predicted octanol–water partition coefficient (Wildman–Crippen LogP) is 6.42. The second-order valence-corrected chi connectivity index (χ2v) is 11.8. The van der Waals surface area contributed by atoms with Gasteiger partial charge in [0, 0.05) is 35.1 Å². The van der Waals surface area contributed by atoms with Crippen LogP contribution in [0.15, 0.2) is 59.1 Å². The van der Waals surface area contributed by atoms with Crippen LogP contribution in [0.25, 0.3) is 32.9 Å². The Balaban J connectivity index is 1.78. The number of carbonyl (C=O) groups excluding carboxylic acids is 1. The van der Waals surface area contributed by atoms with Crippen LogP contribution >= 0.6 is 0 Å². The van der Waals surface area contributed by atoms with E-state index >= 15 is 0 Å². The van der Waals surface area contributed by atoms with Crippen LogP contribution in [0.1, 0.15) is 65.7 Å². The standard InChI is InChI=1S/C34H37N3O5/c1-19-30(20(2)42-36-19)23-16-27(33(35)38)31-26-10-9-24(34(3,4)39)18-28(26)37(29(31)17-23)32(21-11-13-41-14-12-21)22-7-6-8-25(15-22)40-5/h6-10,15-18,21,32,39H,11-14H2,1-5H3,(H2,35,38). The van der Waals surface area contributed by atoms with Gasteiger partial charge in [0.05, 0.1) is 35.5 Å². The minimum atomic E-state index is -1.06. The molecule has 3 N–H and O–H groups in total. The number of aromatic nitrogens is 2.